The Morgan fingerprint density at radius 3 is 2.92 bits per heavy atom. The van der Waals surface area contributed by atoms with Gasteiger partial charge in [0.05, 0.1) is 12.6 Å². The average molecular weight is 380 g/mol. The van der Waals surface area contributed by atoms with Gasteiger partial charge < -0.3 is 15.4 Å². The highest BCUT2D eigenvalue weighted by Crippen LogP contribution is 2.28. The van der Waals surface area contributed by atoms with E-state index in [-0.39, 0.29) is 24.4 Å². The van der Waals surface area contributed by atoms with Crippen LogP contribution in [0.1, 0.15) is 37.7 Å². The number of carbonyl (C=O) groups is 1. The summed E-state index contributed by atoms with van der Waals surface area (Å²) in [6, 6.07) is 6.03. The van der Waals surface area contributed by atoms with Crippen LogP contribution < -0.4 is 15.4 Å². The van der Waals surface area contributed by atoms with E-state index in [0.29, 0.717) is 0 Å². The van der Waals surface area contributed by atoms with Crippen LogP contribution in [0.5, 0.6) is 5.75 Å². The molecule has 0 aromatic heterocycles. The lowest BCUT2D eigenvalue weighted by molar-refractivity contribution is -0.122. The Balaban J connectivity index is 0.00000196. The third-order valence-electron chi connectivity index (χ3n) is 5.82. The molecule has 1 amide bonds. The van der Waals surface area contributed by atoms with Crippen molar-refractivity contribution in [1.29, 1.82) is 0 Å². The molecule has 2 N–H and O–H groups in total. The lowest BCUT2D eigenvalue weighted by Gasteiger charge is -2.38. The number of carbonyl (C=O) groups excluding carboxylic acids is 1. The Hall–Kier alpha value is -1.30. The fourth-order valence-corrected chi connectivity index (χ4v) is 4.39. The summed E-state index contributed by atoms with van der Waals surface area (Å²) in [5.41, 5.74) is 2.11. The first-order valence-corrected chi connectivity index (χ1v) is 9.81. The predicted molar refractivity (Wildman–Crippen MR) is 106 cm³/mol. The zero-order valence-electron chi connectivity index (χ0n) is 15.3. The van der Waals surface area contributed by atoms with Gasteiger partial charge in [-0.15, -0.1) is 12.4 Å². The fourth-order valence-electron chi connectivity index (χ4n) is 4.39. The van der Waals surface area contributed by atoms with E-state index in [1.807, 2.05) is 12.1 Å². The van der Waals surface area contributed by atoms with Gasteiger partial charge in [0.15, 0.2) is 0 Å². The van der Waals surface area contributed by atoms with Crippen LogP contribution in [0, 0.1) is 5.92 Å². The predicted octanol–water partition coefficient (Wildman–Crippen LogP) is 2.84. The number of anilines is 1. The minimum atomic E-state index is 0. The Kier molecular flexibility index (Phi) is 6.79. The van der Waals surface area contributed by atoms with Crippen molar-refractivity contribution in [2.75, 3.05) is 38.1 Å². The third kappa shape index (κ3) is 4.51. The van der Waals surface area contributed by atoms with Crippen molar-refractivity contribution in [3.63, 3.8) is 0 Å². The Bertz CT molecular complexity index is 619. The molecule has 0 radical (unpaired) electrons. The second kappa shape index (κ2) is 9.07. The van der Waals surface area contributed by atoms with Gasteiger partial charge in [0, 0.05) is 18.7 Å². The lowest BCUT2D eigenvalue weighted by Crippen LogP contribution is -2.49. The molecule has 1 aromatic rings. The van der Waals surface area contributed by atoms with Crippen molar-refractivity contribution in [3.8, 4) is 5.75 Å². The topological polar surface area (TPSA) is 53.6 Å². The van der Waals surface area contributed by atoms with Crippen molar-refractivity contribution in [1.82, 2.24) is 10.2 Å². The van der Waals surface area contributed by atoms with E-state index in [1.165, 1.54) is 24.8 Å². The van der Waals surface area contributed by atoms with Gasteiger partial charge in [0.1, 0.15) is 5.75 Å². The van der Waals surface area contributed by atoms with E-state index in [2.05, 4.69) is 21.6 Å². The van der Waals surface area contributed by atoms with Crippen molar-refractivity contribution >= 4 is 24.0 Å². The van der Waals surface area contributed by atoms with Crippen LogP contribution >= 0.6 is 12.4 Å². The minimum Gasteiger partial charge on any atom is -0.493 e. The summed E-state index contributed by atoms with van der Waals surface area (Å²) in [6.45, 7) is 5.11. The Morgan fingerprint density at radius 2 is 2.08 bits per heavy atom. The fraction of sp³-hybridized carbons (Fsp3) is 0.650. The summed E-state index contributed by atoms with van der Waals surface area (Å²) in [5, 5.41) is 6.59. The van der Waals surface area contributed by atoms with Crippen LogP contribution in [0.4, 0.5) is 5.69 Å². The smallest absolute Gasteiger partial charge is 0.241 e. The molecule has 4 rings (SSSR count). The summed E-state index contributed by atoms with van der Waals surface area (Å²) in [6.07, 6.45) is 6.74. The highest BCUT2D eigenvalue weighted by molar-refractivity contribution is 5.95. The first kappa shape index (κ1) is 19.5. The van der Waals surface area contributed by atoms with Crippen molar-refractivity contribution in [2.45, 2.75) is 44.6 Å². The van der Waals surface area contributed by atoms with Crippen LogP contribution in [0.25, 0.3) is 0 Å². The van der Waals surface area contributed by atoms with Crippen molar-refractivity contribution in [3.05, 3.63) is 23.8 Å². The molecule has 0 aliphatic carbocycles. The Morgan fingerprint density at radius 1 is 1.23 bits per heavy atom. The molecule has 0 saturated carbocycles. The number of nitrogens with zero attached hydrogens (tertiary/aromatic N) is 1. The lowest BCUT2D eigenvalue weighted by atomic mass is 9.94. The van der Waals surface area contributed by atoms with Crippen LogP contribution in [-0.4, -0.2) is 49.6 Å². The number of rotatable bonds is 4. The molecule has 26 heavy (non-hydrogen) atoms. The number of nitrogens with one attached hydrogen (secondary N) is 2. The highest BCUT2D eigenvalue weighted by Gasteiger charge is 2.30. The zero-order valence-corrected chi connectivity index (χ0v) is 16.2. The second-order valence-electron chi connectivity index (χ2n) is 7.61. The SMILES string of the molecule is Cl.O=C(Nc1ccc2c(c1)CCO2)C1CCCCN1CC1CCNCC1. The summed E-state index contributed by atoms with van der Waals surface area (Å²) in [5.74, 6) is 1.85. The molecular formula is C20H30ClN3O2. The zero-order chi connectivity index (χ0) is 17.1. The molecule has 3 aliphatic rings. The first-order valence-electron chi connectivity index (χ1n) is 9.81. The molecule has 0 spiro atoms. The molecule has 5 nitrogen and oxygen atoms in total. The maximum atomic E-state index is 12.9. The van der Waals surface area contributed by atoms with Crippen molar-refractivity contribution < 1.29 is 9.53 Å². The molecule has 1 aromatic carbocycles. The van der Waals surface area contributed by atoms with Gasteiger partial charge in [-0.25, -0.2) is 0 Å². The van der Waals surface area contributed by atoms with Gasteiger partial charge in [-0.3, -0.25) is 9.69 Å². The standard InChI is InChI=1S/C20H29N3O2.ClH/c24-20(22-17-4-5-19-16(13-17)8-12-25-19)18-3-1-2-11-23(18)14-15-6-9-21-10-7-15;/h4-5,13,15,18,21H,1-3,6-12,14H2,(H,22,24);1H. The van der Waals surface area contributed by atoms with Crippen molar-refractivity contribution in [2.24, 2.45) is 5.92 Å². The third-order valence-corrected chi connectivity index (χ3v) is 5.82. The van der Waals surface area contributed by atoms with Crippen LogP contribution in [0.3, 0.4) is 0 Å². The van der Waals surface area contributed by atoms with E-state index in [4.69, 9.17) is 4.74 Å². The van der Waals surface area contributed by atoms with Gasteiger partial charge in [-0.1, -0.05) is 6.42 Å². The van der Waals surface area contributed by atoms with Gasteiger partial charge in [-0.05, 0) is 75.0 Å². The number of benzene rings is 1. The molecular weight excluding hydrogens is 350 g/mol. The van der Waals surface area contributed by atoms with Crippen LogP contribution in [0.2, 0.25) is 0 Å². The number of halogens is 1. The van der Waals surface area contributed by atoms with E-state index >= 15 is 0 Å². The molecule has 2 fully saturated rings. The minimum absolute atomic E-state index is 0. The van der Waals surface area contributed by atoms with Gasteiger partial charge >= 0.3 is 0 Å². The first-order chi connectivity index (χ1) is 12.3. The Labute approximate surface area is 162 Å². The van der Waals surface area contributed by atoms with Gasteiger partial charge in [0.25, 0.3) is 0 Å². The number of hydrogen-bond acceptors (Lipinski definition) is 4. The summed E-state index contributed by atoms with van der Waals surface area (Å²) in [7, 11) is 0. The average Bonchev–Trinajstić information content (AvgIpc) is 3.11. The molecule has 3 aliphatic heterocycles. The van der Waals surface area contributed by atoms with E-state index in [1.54, 1.807) is 0 Å². The van der Waals surface area contributed by atoms with Crippen LogP contribution in [-0.2, 0) is 11.2 Å². The molecule has 1 unspecified atom stereocenters. The molecule has 2 saturated heterocycles. The molecule has 1 atom stereocenters. The molecule has 6 heteroatoms. The second-order valence-corrected chi connectivity index (χ2v) is 7.61. The summed E-state index contributed by atoms with van der Waals surface area (Å²) < 4.78 is 5.55. The normalized spacial score (nSPS) is 23.6. The largest absolute Gasteiger partial charge is 0.493 e. The number of likely N-dealkylation sites (tertiary alicyclic amines) is 1. The molecule has 3 heterocycles. The summed E-state index contributed by atoms with van der Waals surface area (Å²) in [4.78, 5) is 15.4. The quantitative estimate of drug-likeness (QED) is 0.844. The summed E-state index contributed by atoms with van der Waals surface area (Å²) >= 11 is 0. The number of hydrogen-bond donors (Lipinski definition) is 2. The van der Waals surface area contributed by atoms with Gasteiger partial charge in [-0.2, -0.15) is 0 Å². The van der Waals surface area contributed by atoms with E-state index < -0.39 is 0 Å². The number of fused-ring (bicyclic) bond motifs is 1. The van der Waals surface area contributed by atoms with E-state index in [9.17, 15) is 4.79 Å². The maximum Gasteiger partial charge on any atom is 0.241 e. The van der Waals surface area contributed by atoms with Gasteiger partial charge in [0.2, 0.25) is 5.91 Å². The molecule has 144 valence electrons. The monoisotopic (exact) mass is 379 g/mol. The number of amides is 1. The number of ether oxygens (including phenoxy) is 1. The maximum absolute atomic E-state index is 12.9. The molecule has 0 bridgehead atoms. The number of piperidine rings is 2. The highest BCUT2D eigenvalue weighted by atomic mass is 35.5. The van der Waals surface area contributed by atoms with Crippen LogP contribution in [0.15, 0.2) is 18.2 Å². The van der Waals surface area contributed by atoms with E-state index in [0.717, 1.165) is 69.4 Å².